The lowest BCUT2D eigenvalue weighted by Crippen LogP contribution is -2.15. The van der Waals surface area contributed by atoms with Crippen LogP contribution >= 0.6 is 0 Å². The SMILES string of the molecule is CCc1ccc2c(c1)C(C)(C)c1cc(CC)cc(-c3c(C)c(C)c(-c4cccc5c4-c4ccccc4C5(C)C)c(C)c3C)c1-2. The van der Waals surface area contributed by atoms with Gasteiger partial charge >= 0.3 is 0 Å². The Bertz CT molecular complexity index is 1980. The Hall–Kier alpha value is -3.90. The highest BCUT2D eigenvalue weighted by atomic mass is 14.4. The molecule has 0 spiro atoms. The second-order valence-electron chi connectivity index (χ2n) is 14.4. The molecule has 0 unspecified atom stereocenters. The summed E-state index contributed by atoms with van der Waals surface area (Å²) in [6.07, 6.45) is 2.10. The molecular formula is C44H46. The molecule has 0 nitrogen and oxygen atoms in total. The van der Waals surface area contributed by atoms with Crippen LogP contribution in [-0.4, -0.2) is 0 Å². The zero-order valence-corrected chi connectivity index (χ0v) is 28.3. The van der Waals surface area contributed by atoms with E-state index in [9.17, 15) is 0 Å². The summed E-state index contributed by atoms with van der Waals surface area (Å²) in [5.41, 5.74) is 25.5. The van der Waals surface area contributed by atoms with E-state index in [0.717, 1.165) is 12.8 Å². The monoisotopic (exact) mass is 574 g/mol. The summed E-state index contributed by atoms with van der Waals surface area (Å²) >= 11 is 0. The van der Waals surface area contributed by atoms with Crippen LogP contribution in [0.25, 0.3) is 44.5 Å². The lowest BCUT2D eigenvalue weighted by molar-refractivity contribution is 0.658. The molecule has 0 fully saturated rings. The molecule has 44 heavy (non-hydrogen) atoms. The first-order valence-electron chi connectivity index (χ1n) is 16.6. The number of hydrogen-bond donors (Lipinski definition) is 0. The number of fused-ring (bicyclic) bond motifs is 6. The minimum atomic E-state index is -0.0214. The van der Waals surface area contributed by atoms with E-state index in [1.807, 2.05) is 0 Å². The highest BCUT2D eigenvalue weighted by Crippen LogP contribution is 2.56. The van der Waals surface area contributed by atoms with Gasteiger partial charge in [-0.05, 0) is 141 Å². The first-order chi connectivity index (χ1) is 20.9. The third-order valence-corrected chi connectivity index (χ3v) is 11.5. The molecule has 0 atom stereocenters. The minimum absolute atomic E-state index is 0.00718. The van der Waals surface area contributed by atoms with Gasteiger partial charge in [-0.2, -0.15) is 0 Å². The second-order valence-corrected chi connectivity index (χ2v) is 14.4. The van der Waals surface area contributed by atoms with E-state index in [-0.39, 0.29) is 10.8 Å². The normalized spacial score (nSPS) is 15.1. The fourth-order valence-corrected chi connectivity index (χ4v) is 8.66. The van der Waals surface area contributed by atoms with Gasteiger partial charge in [0.2, 0.25) is 0 Å². The molecule has 0 heterocycles. The van der Waals surface area contributed by atoms with Crippen LogP contribution in [0.15, 0.2) is 72.8 Å². The van der Waals surface area contributed by atoms with Gasteiger partial charge in [0, 0.05) is 10.8 Å². The van der Waals surface area contributed by atoms with Crippen molar-refractivity contribution >= 4 is 0 Å². The van der Waals surface area contributed by atoms with Gasteiger partial charge < -0.3 is 0 Å². The summed E-state index contributed by atoms with van der Waals surface area (Å²) in [7, 11) is 0. The number of benzene rings is 5. The van der Waals surface area contributed by atoms with E-state index in [4.69, 9.17) is 0 Å². The summed E-state index contributed by atoms with van der Waals surface area (Å²) in [5.74, 6) is 0. The average Bonchev–Trinajstić information content (AvgIpc) is 3.40. The zero-order valence-electron chi connectivity index (χ0n) is 28.3. The fraction of sp³-hybridized carbons (Fsp3) is 0.318. The number of hydrogen-bond acceptors (Lipinski definition) is 0. The van der Waals surface area contributed by atoms with Crippen LogP contribution in [0.3, 0.4) is 0 Å². The average molecular weight is 575 g/mol. The van der Waals surface area contributed by atoms with Crippen LogP contribution in [0.1, 0.15) is 97.2 Å². The Morgan fingerprint density at radius 3 is 1.57 bits per heavy atom. The topological polar surface area (TPSA) is 0 Å². The van der Waals surface area contributed by atoms with E-state index in [2.05, 4.69) is 142 Å². The summed E-state index contributed by atoms with van der Waals surface area (Å²) in [6, 6.07) is 28.3. The lowest BCUT2D eigenvalue weighted by Gasteiger charge is -2.26. The van der Waals surface area contributed by atoms with Gasteiger partial charge in [0.05, 0.1) is 0 Å². The van der Waals surface area contributed by atoms with Gasteiger partial charge in [0.25, 0.3) is 0 Å². The molecule has 7 rings (SSSR count). The first-order valence-corrected chi connectivity index (χ1v) is 16.6. The Morgan fingerprint density at radius 1 is 0.409 bits per heavy atom. The summed E-state index contributed by atoms with van der Waals surface area (Å²) in [5, 5.41) is 0. The maximum Gasteiger partial charge on any atom is 0.0159 e. The molecule has 0 heteroatoms. The van der Waals surface area contributed by atoms with Gasteiger partial charge in [-0.1, -0.05) is 114 Å². The van der Waals surface area contributed by atoms with Crippen molar-refractivity contribution < 1.29 is 0 Å². The van der Waals surface area contributed by atoms with Crippen LogP contribution in [0.2, 0.25) is 0 Å². The smallest absolute Gasteiger partial charge is 0.0159 e. The predicted octanol–water partition coefficient (Wildman–Crippen LogP) is 12.0. The largest absolute Gasteiger partial charge is 0.0619 e. The van der Waals surface area contributed by atoms with Gasteiger partial charge in [-0.15, -0.1) is 0 Å². The molecule has 0 N–H and O–H groups in total. The van der Waals surface area contributed by atoms with Crippen molar-refractivity contribution in [3.63, 3.8) is 0 Å². The molecule has 5 aromatic carbocycles. The molecule has 5 aromatic rings. The van der Waals surface area contributed by atoms with Crippen molar-refractivity contribution in [3.05, 3.63) is 128 Å². The Kier molecular flexibility index (Phi) is 6.43. The Morgan fingerprint density at radius 2 is 0.909 bits per heavy atom. The maximum atomic E-state index is 2.50. The van der Waals surface area contributed by atoms with E-state index < -0.39 is 0 Å². The fourth-order valence-electron chi connectivity index (χ4n) is 8.66. The zero-order chi connectivity index (χ0) is 31.3. The minimum Gasteiger partial charge on any atom is -0.0619 e. The van der Waals surface area contributed by atoms with Gasteiger partial charge in [0.15, 0.2) is 0 Å². The van der Waals surface area contributed by atoms with E-state index >= 15 is 0 Å². The third-order valence-electron chi connectivity index (χ3n) is 11.5. The Labute approximate surface area is 265 Å². The van der Waals surface area contributed by atoms with Crippen molar-refractivity contribution in [2.75, 3.05) is 0 Å². The van der Waals surface area contributed by atoms with Crippen molar-refractivity contribution in [2.45, 2.75) is 92.9 Å². The van der Waals surface area contributed by atoms with Crippen LogP contribution in [0.5, 0.6) is 0 Å². The van der Waals surface area contributed by atoms with E-state index in [1.165, 1.54) is 100 Å². The van der Waals surface area contributed by atoms with E-state index in [0.29, 0.717) is 0 Å². The van der Waals surface area contributed by atoms with Crippen LogP contribution < -0.4 is 0 Å². The van der Waals surface area contributed by atoms with Gasteiger partial charge in [-0.3, -0.25) is 0 Å². The number of rotatable bonds is 4. The number of aryl methyl sites for hydroxylation is 2. The lowest BCUT2D eigenvalue weighted by atomic mass is 9.77. The third kappa shape index (κ3) is 3.76. The molecule has 0 aromatic heterocycles. The van der Waals surface area contributed by atoms with Crippen molar-refractivity contribution in [2.24, 2.45) is 0 Å². The van der Waals surface area contributed by atoms with Gasteiger partial charge in [-0.25, -0.2) is 0 Å². The molecule has 222 valence electrons. The second kappa shape index (κ2) is 9.80. The van der Waals surface area contributed by atoms with Crippen molar-refractivity contribution in [1.29, 1.82) is 0 Å². The molecule has 0 saturated carbocycles. The molecule has 0 amide bonds. The molecule has 0 bridgehead atoms. The van der Waals surface area contributed by atoms with Crippen LogP contribution in [0, 0.1) is 27.7 Å². The first kappa shape index (κ1) is 28.8. The van der Waals surface area contributed by atoms with Crippen molar-refractivity contribution in [3.8, 4) is 44.5 Å². The van der Waals surface area contributed by atoms with Crippen molar-refractivity contribution in [1.82, 2.24) is 0 Å². The van der Waals surface area contributed by atoms with Crippen LogP contribution in [0.4, 0.5) is 0 Å². The maximum absolute atomic E-state index is 2.50. The molecular weight excluding hydrogens is 528 g/mol. The molecule has 0 aliphatic heterocycles. The summed E-state index contributed by atoms with van der Waals surface area (Å²) in [4.78, 5) is 0. The summed E-state index contributed by atoms with van der Waals surface area (Å²) < 4.78 is 0. The van der Waals surface area contributed by atoms with Gasteiger partial charge in [0.1, 0.15) is 0 Å². The molecule has 2 aliphatic rings. The highest BCUT2D eigenvalue weighted by Gasteiger charge is 2.39. The summed E-state index contributed by atoms with van der Waals surface area (Å²) in [6.45, 7) is 23.6. The van der Waals surface area contributed by atoms with Crippen LogP contribution in [-0.2, 0) is 23.7 Å². The molecule has 2 aliphatic carbocycles. The highest BCUT2D eigenvalue weighted by molar-refractivity contribution is 5.99. The molecule has 0 saturated heterocycles. The molecule has 0 radical (unpaired) electrons. The Balaban J connectivity index is 1.52. The standard InChI is InChI=1S/C44H46/c1-11-29-20-21-32-37(23-29)44(9,10)38-24-30(12-2)22-34(42(32)38)40-27(5)25(3)39(26(4)28(40)6)33-17-15-19-36-41(33)31-16-13-14-18-35(31)43(36,7)8/h13-24H,11-12H2,1-10H3. The quantitative estimate of drug-likeness (QED) is 0.200. The predicted molar refractivity (Wildman–Crippen MR) is 190 cm³/mol. The van der Waals surface area contributed by atoms with E-state index in [1.54, 1.807) is 0 Å².